The lowest BCUT2D eigenvalue weighted by atomic mass is 10.1. The van der Waals surface area contributed by atoms with Gasteiger partial charge in [-0.2, -0.15) is 0 Å². The average molecular weight is 352 g/mol. The van der Waals surface area contributed by atoms with E-state index in [1.54, 1.807) is 0 Å². The molecule has 6 heteroatoms. The van der Waals surface area contributed by atoms with Crippen molar-refractivity contribution in [2.75, 3.05) is 23.4 Å². The van der Waals surface area contributed by atoms with Gasteiger partial charge in [-0.05, 0) is 49.2 Å². The average Bonchev–Trinajstić information content (AvgIpc) is 2.62. The van der Waals surface area contributed by atoms with Crippen molar-refractivity contribution in [3.8, 4) is 0 Å². The normalized spacial score (nSPS) is 10.7. The molecule has 0 saturated carbocycles. The van der Waals surface area contributed by atoms with E-state index < -0.39 is 0 Å². The lowest BCUT2D eigenvalue weighted by Gasteiger charge is -2.09. The topological polar surface area (TPSA) is 66.9 Å². The fourth-order valence-electron chi connectivity index (χ4n) is 2.46. The van der Waals surface area contributed by atoms with Gasteiger partial charge in [0, 0.05) is 18.1 Å². The van der Waals surface area contributed by atoms with Crippen molar-refractivity contribution in [2.24, 2.45) is 0 Å². The fourth-order valence-corrected chi connectivity index (χ4v) is 3.11. The first-order valence-corrected chi connectivity index (χ1v) is 9.00. The molecule has 0 aliphatic rings. The third kappa shape index (κ3) is 4.09. The van der Waals surface area contributed by atoms with Crippen LogP contribution in [0.5, 0.6) is 0 Å². The van der Waals surface area contributed by atoms with Crippen molar-refractivity contribution in [3.63, 3.8) is 0 Å². The van der Waals surface area contributed by atoms with Crippen LogP contribution in [0.25, 0.3) is 10.9 Å². The molecule has 1 amide bonds. The van der Waals surface area contributed by atoms with Gasteiger partial charge >= 0.3 is 0 Å². The van der Waals surface area contributed by atoms with E-state index in [0.717, 1.165) is 28.0 Å². The van der Waals surface area contributed by atoms with Gasteiger partial charge in [-0.25, -0.2) is 9.97 Å². The van der Waals surface area contributed by atoms with Crippen molar-refractivity contribution in [1.29, 1.82) is 0 Å². The number of benzene rings is 2. The van der Waals surface area contributed by atoms with E-state index in [-0.39, 0.29) is 11.7 Å². The lowest BCUT2D eigenvalue weighted by molar-refractivity contribution is -0.113. The molecule has 0 radical (unpaired) electrons. The van der Waals surface area contributed by atoms with Gasteiger partial charge in [-0.1, -0.05) is 30.0 Å². The number of anilines is 2. The molecule has 0 atom stereocenters. The summed E-state index contributed by atoms with van der Waals surface area (Å²) in [6, 6.07) is 13.7. The van der Waals surface area contributed by atoms with Gasteiger partial charge in [0.15, 0.2) is 5.16 Å². The molecule has 2 aromatic carbocycles. The summed E-state index contributed by atoms with van der Waals surface area (Å²) in [5.41, 5.74) is 4.03. The maximum absolute atomic E-state index is 12.2. The van der Waals surface area contributed by atoms with Crippen LogP contribution in [0.1, 0.15) is 11.1 Å². The molecule has 1 heterocycles. The molecule has 2 N–H and O–H groups in total. The van der Waals surface area contributed by atoms with Crippen LogP contribution in [-0.4, -0.2) is 28.7 Å². The molecule has 3 rings (SSSR count). The summed E-state index contributed by atoms with van der Waals surface area (Å²) in [5, 5.41) is 7.55. The first-order chi connectivity index (χ1) is 12.1. The summed E-state index contributed by atoms with van der Waals surface area (Å²) in [7, 11) is 1.83. The van der Waals surface area contributed by atoms with E-state index in [1.807, 2.05) is 63.4 Å². The molecule has 25 heavy (non-hydrogen) atoms. The van der Waals surface area contributed by atoms with E-state index in [9.17, 15) is 4.79 Å². The first-order valence-electron chi connectivity index (χ1n) is 8.01. The number of hydrogen-bond acceptors (Lipinski definition) is 5. The van der Waals surface area contributed by atoms with E-state index in [1.165, 1.54) is 17.3 Å². The van der Waals surface area contributed by atoms with Crippen LogP contribution in [0.2, 0.25) is 0 Å². The first kappa shape index (κ1) is 17.2. The highest BCUT2D eigenvalue weighted by Gasteiger charge is 2.10. The Balaban J connectivity index is 1.69. The lowest BCUT2D eigenvalue weighted by Crippen LogP contribution is -2.14. The smallest absolute Gasteiger partial charge is 0.234 e. The van der Waals surface area contributed by atoms with Crippen LogP contribution < -0.4 is 10.6 Å². The summed E-state index contributed by atoms with van der Waals surface area (Å²) in [5.74, 6) is 0.952. The van der Waals surface area contributed by atoms with Crippen LogP contribution >= 0.6 is 11.8 Å². The third-order valence-electron chi connectivity index (χ3n) is 3.94. The van der Waals surface area contributed by atoms with Gasteiger partial charge in [-0.3, -0.25) is 4.79 Å². The van der Waals surface area contributed by atoms with Crippen LogP contribution in [0.3, 0.4) is 0 Å². The summed E-state index contributed by atoms with van der Waals surface area (Å²) in [6.07, 6.45) is 0. The Morgan fingerprint density at radius 3 is 2.64 bits per heavy atom. The zero-order chi connectivity index (χ0) is 17.8. The van der Waals surface area contributed by atoms with Gasteiger partial charge in [0.05, 0.1) is 11.3 Å². The number of nitrogens with zero attached hydrogens (tertiary/aromatic N) is 2. The monoisotopic (exact) mass is 352 g/mol. The number of amides is 1. The second-order valence-corrected chi connectivity index (χ2v) is 6.70. The number of fused-ring (bicyclic) bond motifs is 1. The third-order valence-corrected chi connectivity index (χ3v) is 4.79. The number of rotatable bonds is 5. The highest BCUT2D eigenvalue weighted by Crippen LogP contribution is 2.24. The zero-order valence-corrected chi connectivity index (χ0v) is 15.3. The molecule has 0 aliphatic heterocycles. The van der Waals surface area contributed by atoms with Gasteiger partial charge in [-0.15, -0.1) is 0 Å². The van der Waals surface area contributed by atoms with Crippen molar-refractivity contribution >= 4 is 40.1 Å². The summed E-state index contributed by atoms with van der Waals surface area (Å²) in [6.45, 7) is 4.08. The van der Waals surface area contributed by atoms with E-state index in [4.69, 9.17) is 0 Å². The summed E-state index contributed by atoms with van der Waals surface area (Å²) >= 11 is 1.33. The van der Waals surface area contributed by atoms with Gasteiger partial charge in [0.2, 0.25) is 5.91 Å². The van der Waals surface area contributed by atoms with Crippen LogP contribution in [0, 0.1) is 13.8 Å². The number of thioether (sulfide) groups is 1. The van der Waals surface area contributed by atoms with Gasteiger partial charge in [0.1, 0.15) is 5.82 Å². The predicted octanol–water partition coefficient (Wildman–Crippen LogP) is 4.02. The van der Waals surface area contributed by atoms with Crippen molar-refractivity contribution in [2.45, 2.75) is 19.0 Å². The molecule has 0 bridgehead atoms. The molecule has 0 fully saturated rings. The van der Waals surface area contributed by atoms with Crippen LogP contribution in [0.4, 0.5) is 11.5 Å². The Morgan fingerprint density at radius 2 is 1.88 bits per heavy atom. The van der Waals surface area contributed by atoms with E-state index in [0.29, 0.717) is 5.16 Å². The Kier molecular flexibility index (Phi) is 5.19. The quantitative estimate of drug-likeness (QED) is 0.536. The van der Waals surface area contributed by atoms with Crippen molar-refractivity contribution in [1.82, 2.24) is 9.97 Å². The number of carbonyl (C=O) groups excluding carboxylic acids is 1. The highest BCUT2D eigenvalue weighted by molar-refractivity contribution is 7.99. The standard InChI is InChI=1S/C19H20N4OS/c1-12-8-9-14(10-13(12)2)21-17(24)11-25-19-22-16-7-5-4-6-15(16)18(20-3)23-19/h4-10H,11H2,1-3H3,(H,21,24)(H,20,22,23). The minimum Gasteiger partial charge on any atom is -0.372 e. The molecule has 0 aliphatic carbocycles. The molecule has 0 unspecified atom stereocenters. The maximum Gasteiger partial charge on any atom is 0.234 e. The fraction of sp³-hybridized carbons (Fsp3) is 0.211. The van der Waals surface area contributed by atoms with E-state index >= 15 is 0 Å². The predicted molar refractivity (Wildman–Crippen MR) is 104 cm³/mol. The number of hydrogen-bond donors (Lipinski definition) is 2. The second-order valence-electron chi connectivity index (χ2n) is 5.76. The molecular formula is C19H20N4OS. The molecule has 5 nitrogen and oxygen atoms in total. The Labute approximate surface area is 151 Å². The maximum atomic E-state index is 12.2. The van der Waals surface area contributed by atoms with Gasteiger partial charge < -0.3 is 10.6 Å². The van der Waals surface area contributed by atoms with Crippen LogP contribution in [0.15, 0.2) is 47.6 Å². The van der Waals surface area contributed by atoms with Crippen LogP contribution in [-0.2, 0) is 4.79 Å². The highest BCUT2D eigenvalue weighted by atomic mass is 32.2. The summed E-state index contributed by atoms with van der Waals surface area (Å²) < 4.78 is 0. The van der Waals surface area contributed by atoms with Gasteiger partial charge in [0.25, 0.3) is 0 Å². The Bertz CT molecular complexity index is 926. The minimum atomic E-state index is -0.0731. The summed E-state index contributed by atoms with van der Waals surface area (Å²) in [4.78, 5) is 21.2. The largest absolute Gasteiger partial charge is 0.372 e. The molecule has 0 spiro atoms. The molecule has 128 valence electrons. The SMILES string of the molecule is CNc1nc(SCC(=O)Nc2ccc(C)c(C)c2)nc2ccccc12. The number of carbonyl (C=O) groups is 1. The zero-order valence-electron chi connectivity index (χ0n) is 14.5. The molecule has 1 aromatic heterocycles. The number of aromatic nitrogens is 2. The number of nitrogens with one attached hydrogen (secondary N) is 2. The molecule has 0 saturated heterocycles. The molecular weight excluding hydrogens is 332 g/mol. The van der Waals surface area contributed by atoms with E-state index in [2.05, 4.69) is 20.6 Å². The number of aryl methyl sites for hydroxylation is 2. The second kappa shape index (κ2) is 7.53. The van der Waals surface area contributed by atoms with Crippen molar-refractivity contribution in [3.05, 3.63) is 53.6 Å². The Hall–Kier alpha value is -2.60. The van der Waals surface area contributed by atoms with Crippen molar-refractivity contribution < 1.29 is 4.79 Å². The Morgan fingerprint density at radius 1 is 1.08 bits per heavy atom. The number of para-hydroxylation sites is 1. The minimum absolute atomic E-state index is 0.0731. The molecule has 3 aromatic rings.